The number of amides is 1. The maximum Gasteiger partial charge on any atom is 0.258 e. The van der Waals surface area contributed by atoms with Gasteiger partial charge in [0.2, 0.25) is 0 Å². The van der Waals surface area contributed by atoms with Gasteiger partial charge in [0.25, 0.3) is 5.91 Å². The third-order valence-corrected chi connectivity index (χ3v) is 3.15. The van der Waals surface area contributed by atoms with E-state index in [9.17, 15) is 4.79 Å². The van der Waals surface area contributed by atoms with Crippen LogP contribution in [0.15, 0.2) is 0 Å². The predicted molar refractivity (Wildman–Crippen MR) is 69.3 cm³/mol. The van der Waals surface area contributed by atoms with Crippen LogP contribution < -0.4 is 0 Å². The van der Waals surface area contributed by atoms with E-state index in [0.717, 1.165) is 18.5 Å². The molecular weight excluding hydrogens is 321 g/mol. The van der Waals surface area contributed by atoms with E-state index in [-0.39, 0.29) is 12.5 Å². The maximum atomic E-state index is 12.0. The van der Waals surface area contributed by atoms with E-state index in [0.29, 0.717) is 15.8 Å². The van der Waals surface area contributed by atoms with Crippen molar-refractivity contribution in [3.63, 3.8) is 0 Å². The number of unbranched alkanes of at least 4 members (excludes halogenated alkanes) is 1. The Balaban J connectivity index is 2.63. The fourth-order valence-electron chi connectivity index (χ4n) is 1.40. The highest BCUT2D eigenvalue weighted by molar-refractivity contribution is 14.1. The van der Waals surface area contributed by atoms with E-state index < -0.39 is 0 Å². The largest absolute Gasteiger partial charge is 0.396 e. The van der Waals surface area contributed by atoms with Crippen LogP contribution in [0.1, 0.15) is 28.9 Å². The number of hydrogen-bond donors (Lipinski definition) is 2. The molecule has 1 aromatic heterocycles. The van der Waals surface area contributed by atoms with Crippen LogP contribution >= 0.6 is 22.6 Å². The van der Waals surface area contributed by atoms with Gasteiger partial charge in [-0.05, 0) is 42.4 Å². The Bertz CT molecular complexity index is 345. The summed E-state index contributed by atoms with van der Waals surface area (Å²) in [6.45, 7) is 2.66. The van der Waals surface area contributed by atoms with Gasteiger partial charge >= 0.3 is 0 Å². The second-order valence-electron chi connectivity index (χ2n) is 3.67. The molecule has 16 heavy (non-hydrogen) atoms. The molecule has 0 atom stereocenters. The van der Waals surface area contributed by atoms with Crippen molar-refractivity contribution in [2.45, 2.75) is 19.8 Å². The fourth-order valence-corrected chi connectivity index (χ4v) is 2.16. The summed E-state index contributed by atoms with van der Waals surface area (Å²) < 4.78 is 0.703. The van der Waals surface area contributed by atoms with Crippen molar-refractivity contribution in [3.8, 4) is 0 Å². The number of H-pyrrole nitrogens is 1. The number of carbonyl (C=O) groups is 1. The predicted octanol–water partition coefficient (Wildman–Crippen LogP) is 1.17. The third kappa shape index (κ3) is 3.18. The van der Waals surface area contributed by atoms with Gasteiger partial charge < -0.3 is 10.0 Å². The van der Waals surface area contributed by atoms with Gasteiger partial charge in [0.05, 0.1) is 5.56 Å². The summed E-state index contributed by atoms with van der Waals surface area (Å²) in [7, 11) is 1.77. The van der Waals surface area contributed by atoms with Gasteiger partial charge in [-0.25, -0.2) is 0 Å². The normalized spacial score (nSPS) is 10.5. The smallest absolute Gasteiger partial charge is 0.258 e. The van der Waals surface area contributed by atoms with Crippen LogP contribution in [-0.4, -0.2) is 46.3 Å². The monoisotopic (exact) mass is 337 g/mol. The SMILES string of the molecule is Cc1[nH]nc(I)c1C(=O)N(C)CCCCO. The minimum absolute atomic E-state index is 0.0198. The molecule has 0 aliphatic heterocycles. The molecule has 0 unspecified atom stereocenters. The second-order valence-corrected chi connectivity index (χ2v) is 4.69. The summed E-state index contributed by atoms with van der Waals surface area (Å²) >= 11 is 2.04. The number of aliphatic hydroxyl groups is 1. The summed E-state index contributed by atoms with van der Waals surface area (Å²) in [5, 5.41) is 15.5. The van der Waals surface area contributed by atoms with E-state index in [2.05, 4.69) is 10.2 Å². The van der Waals surface area contributed by atoms with Crippen molar-refractivity contribution < 1.29 is 9.90 Å². The molecule has 6 heteroatoms. The van der Waals surface area contributed by atoms with E-state index in [1.54, 1.807) is 11.9 Å². The van der Waals surface area contributed by atoms with E-state index in [1.807, 2.05) is 29.5 Å². The Labute approximate surface area is 108 Å². The van der Waals surface area contributed by atoms with E-state index in [1.165, 1.54) is 0 Å². The molecule has 0 bridgehead atoms. The summed E-state index contributed by atoms with van der Waals surface area (Å²) in [5.74, 6) is -0.0198. The molecule has 0 saturated heterocycles. The van der Waals surface area contributed by atoms with Crippen molar-refractivity contribution in [3.05, 3.63) is 15.0 Å². The Morgan fingerprint density at radius 2 is 2.25 bits per heavy atom. The Hall–Kier alpha value is -0.630. The Morgan fingerprint density at radius 3 is 2.75 bits per heavy atom. The molecule has 0 saturated carbocycles. The molecule has 0 radical (unpaired) electrons. The molecule has 0 aliphatic carbocycles. The summed E-state index contributed by atoms with van der Waals surface area (Å²) in [6, 6.07) is 0. The molecule has 1 rings (SSSR count). The number of nitrogens with one attached hydrogen (secondary N) is 1. The molecule has 1 heterocycles. The third-order valence-electron chi connectivity index (χ3n) is 2.37. The molecule has 2 N–H and O–H groups in total. The maximum absolute atomic E-state index is 12.0. The zero-order chi connectivity index (χ0) is 12.1. The van der Waals surface area contributed by atoms with E-state index in [4.69, 9.17) is 5.11 Å². The number of aliphatic hydroxyl groups excluding tert-OH is 1. The van der Waals surface area contributed by atoms with Crippen LogP contribution in [0.5, 0.6) is 0 Å². The standard InChI is InChI=1S/C10H16IN3O2/c1-7-8(9(11)13-12-7)10(16)14(2)5-3-4-6-15/h15H,3-6H2,1-2H3,(H,12,13). The molecule has 90 valence electrons. The van der Waals surface area contributed by atoms with Crippen LogP contribution in [0.25, 0.3) is 0 Å². The zero-order valence-corrected chi connectivity index (χ0v) is 11.6. The minimum Gasteiger partial charge on any atom is -0.396 e. The van der Waals surface area contributed by atoms with Gasteiger partial charge in [-0.2, -0.15) is 5.10 Å². The van der Waals surface area contributed by atoms with Crippen LogP contribution in [0.4, 0.5) is 0 Å². The van der Waals surface area contributed by atoms with Crippen LogP contribution in [0.2, 0.25) is 0 Å². The minimum atomic E-state index is -0.0198. The average Bonchev–Trinajstić information content (AvgIpc) is 2.58. The van der Waals surface area contributed by atoms with E-state index >= 15 is 0 Å². The molecule has 0 aromatic carbocycles. The lowest BCUT2D eigenvalue weighted by Gasteiger charge is -2.16. The summed E-state index contributed by atoms with van der Waals surface area (Å²) in [4.78, 5) is 13.7. The number of nitrogens with zero attached hydrogens (tertiary/aromatic N) is 2. The van der Waals surface area contributed by atoms with Gasteiger partial charge in [0, 0.05) is 25.9 Å². The molecule has 5 nitrogen and oxygen atoms in total. The van der Waals surface area contributed by atoms with Crippen LogP contribution in [0, 0.1) is 10.6 Å². The summed E-state index contributed by atoms with van der Waals surface area (Å²) in [5.41, 5.74) is 1.44. The highest BCUT2D eigenvalue weighted by Crippen LogP contribution is 2.15. The number of aryl methyl sites for hydroxylation is 1. The number of carbonyl (C=O) groups excluding carboxylic acids is 1. The van der Waals surface area contributed by atoms with Crippen molar-refractivity contribution in [1.82, 2.24) is 15.1 Å². The Kier molecular flexibility index (Phi) is 5.20. The lowest BCUT2D eigenvalue weighted by Crippen LogP contribution is -2.28. The molecule has 1 aromatic rings. The molecule has 0 fully saturated rings. The van der Waals surface area contributed by atoms with Gasteiger partial charge in [0.15, 0.2) is 0 Å². The first-order valence-corrected chi connectivity index (χ1v) is 6.22. The molecule has 1 amide bonds. The van der Waals surface area contributed by atoms with Crippen molar-refractivity contribution >= 4 is 28.5 Å². The molecule has 0 aliphatic rings. The van der Waals surface area contributed by atoms with Crippen molar-refractivity contribution in [2.75, 3.05) is 20.2 Å². The number of halogens is 1. The second kappa shape index (κ2) is 6.19. The van der Waals surface area contributed by atoms with Gasteiger partial charge in [-0.3, -0.25) is 9.89 Å². The van der Waals surface area contributed by atoms with Crippen LogP contribution in [0.3, 0.4) is 0 Å². The lowest BCUT2D eigenvalue weighted by molar-refractivity contribution is 0.0788. The first-order valence-electron chi connectivity index (χ1n) is 5.14. The fraction of sp³-hybridized carbons (Fsp3) is 0.600. The first-order chi connectivity index (χ1) is 7.57. The van der Waals surface area contributed by atoms with Crippen molar-refractivity contribution in [1.29, 1.82) is 0 Å². The summed E-state index contributed by atoms with van der Waals surface area (Å²) in [6.07, 6.45) is 1.53. The van der Waals surface area contributed by atoms with Crippen LogP contribution in [-0.2, 0) is 0 Å². The Morgan fingerprint density at radius 1 is 1.56 bits per heavy atom. The highest BCUT2D eigenvalue weighted by Gasteiger charge is 2.19. The molecule has 0 spiro atoms. The lowest BCUT2D eigenvalue weighted by atomic mass is 10.2. The number of aromatic amines is 1. The zero-order valence-electron chi connectivity index (χ0n) is 9.46. The average molecular weight is 337 g/mol. The topological polar surface area (TPSA) is 69.2 Å². The van der Waals surface area contributed by atoms with Gasteiger partial charge in [-0.1, -0.05) is 0 Å². The van der Waals surface area contributed by atoms with Gasteiger partial charge in [0.1, 0.15) is 3.70 Å². The number of aromatic nitrogens is 2. The molecular formula is C10H16IN3O2. The number of rotatable bonds is 5. The van der Waals surface area contributed by atoms with Gasteiger partial charge in [-0.15, -0.1) is 0 Å². The number of hydrogen-bond acceptors (Lipinski definition) is 3. The van der Waals surface area contributed by atoms with Crippen molar-refractivity contribution in [2.24, 2.45) is 0 Å². The first kappa shape index (κ1) is 13.4. The highest BCUT2D eigenvalue weighted by atomic mass is 127. The quantitative estimate of drug-likeness (QED) is 0.626.